The smallest absolute Gasteiger partial charge is 0.413 e. The molecule has 11 heteroatoms. The summed E-state index contributed by atoms with van der Waals surface area (Å²) in [5.41, 5.74) is 4.18. The maximum Gasteiger partial charge on any atom is 0.413 e. The monoisotopic (exact) mass is 606 g/mol. The molecule has 3 aromatic carbocycles. The van der Waals surface area contributed by atoms with Crippen molar-refractivity contribution >= 4 is 40.8 Å². The van der Waals surface area contributed by atoms with E-state index in [2.05, 4.69) is 20.2 Å². The second-order valence-corrected chi connectivity index (χ2v) is 11.3. The zero-order valence-electron chi connectivity index (χ0n) is 24.4. The predicted molar refractivity (Wildman–Crippen MR) is 166 cm³/mol. The molecule has 4 aromatic rings. The van der Waals surface area contributed by atoms with E-state index < -0.39 is 18.0 Å². The Kier molecular flexibility index (Phi) is 8.79. The summed E-state index contributed by atoms with van der Waals surface area (Å²) >= 11 is 6.27. The normalized spacial score (nSPS) is 14.4. The van der Waals surface area contributed by atoms with Crippen molar-refractivity contribution in [3.63, 3.8) is 0 Å². The van der Waals surface area contributed by atoms with E-state index in [1.165, 1.54) is 36.5 Å². The van der Waals surface area contributed by atoms with Gasteiger partial charge in [0.1, 0.15) is 17.5 Å². The van der Waals surface area contributed by atoms with Crippen molar-refractivity contribution in [3.05, 3.63) is 105 Å². The molecule has 2 heterocycles. The molecule has 0 bridgehead atoms. The Morgan fingerprint density at radius 2 is 1.67 bits per heavy atom. The van der Waals surface area contributed by atoms with Crippen molar-refractivity contribution in [3.8, 4) is 0 Å². The van der Waals surface area contributed by atoms with Crippen LogP contribution in [0.5, 0.6) is 0 Å². The maximum absolute atomic E-state index is 15.4. The van der Waals surface area contributed by atoms with Crippen LogP contribution in [0.15, 0.2) is 60.8 Å². The molecule has 5 rings (SSSR count). The number of nitrogens with zero attached hydrogens (tertiary/aromatic N) is 5. The summed E-state index contributed by atoms with van der Waals surface area (Å²) in [5, 5.41) is 13.8. The number of aromatic nitrogens is 2. The molecule has 1 unspecified atom stereocenters. The minimum atomic E-state index is -1.35. The van der Waals surface area contributed by atoms with Crippen LogP contribution in [0.3, 0.4) is 0 Å². The molecule has 0 saturated carbocycles. The Labute approximate surface area is 254 Å². The second kappa shape index (κ2) is 12.5. The number of hydrogen-bond acceptors (Lipinski definition) is 6. The van der Waals surface area contributed by atoms with Gasteiger partial charge in [0.2, 0.25) is 5.95 Å². The van der Waals surface area contributed by atoms with Gasteiger partial charge in [0.25, 0.3) is 0 Å². The largest absolute Gasteiger partial charge is 0.465 e. The summed E-state index contributed by atoms with van der Waals surface area (Å²) in [6, 6.07) is 13.0. The summed E-state index contributed by atoms with van der Waals surface area (Å²) < 4.78 is 30.5. The summed E-state index contributed by atoms with van der Waals surface area (Å²) in [6.07, 6.45) is 0.0477. The molecular formula is C32H33ClF2N6O2. The number of piperazine rings is 1. The Morgan fingerprint density at radius 1 is 0.977 bits per heavy atom. The number of nitrogens with one attached hydrogen (secondary N) is 1. The van der Waals surface area contributed by atoms with E-state index >= 15 is 8.78 Å². The van der Waals surface area contributed by atoms with Crippen molar-refractivity contribution in [2.45, 2.75) is 26.8 Å². The molecule has 0 aliphatic carbocycles. The summed E-state index contributed by atoms with van der Waals surface area (Å²) in [4.78, 5) is 26.8. The van der Waals surface area contributed by atoms with Crippen molar-refractivity contribution in [2.24, 2.45) is 0 Å². The van der Waals surface area contributed by atoms with Crippen LogP contribution < -0.4 is 15.1 Å². The molecule has 1 fully saturated rings. The average molecular weight is 607 g/mol. The average Bonchev–Trinajstić information content (AvgIpc) is 2.94. The Bertz CT molecular complexity index is 1640. The number of aryl methyl sites for hydroxylation is 3. The lowest BCUT2D eigenvalue weighted by Gasteiger charge is -2.34. The zero-order valence-corrected chi connectivity index (χ0v) is 25.2. The Balaban J connectivity index is 1.53. The second-order valence-electron chi connectivity index (χ2n) is 10.9. The number of carboxylic acid groups (broad SMARTS) is 1. The first kappa shape index (κ1) is 30.2. The third kappa shape index (κ3) is 6.55. The molecule has 1 aliphatic heterocycles. The Hall–Kier alpha value is -4.28. The van der Waals surface area contributed by atoms with Crippen LogP contribution in [0.4, 0.5) is 36.7 Å². The molecule has 1 aliphatic rings. The van der Waals surface area contributed by atoms with Crippen LogP contribution in [0.25, 0.3) is 0 Å². The van der Waals surface area contributed by atoms with Gasteiger partial charge in [0, 0.05) is 48.6 Å². The van der Waals surface area contributed by atoms with Crippen molar-refractivity contribution < 1.29 is 18.7 Å². The first-order chi connectivity index (χ1) is 20.5. The minimum Gasteiger partial charge on any atom is -0.465 e. The molecule has 1 amide bonds. The molecule has 1 atom stereocenters. The van der Waals surface area contributed by atoms with Gasteiger partial charge < -0.3 is 20.2 Å². The first-order valence-electron chi connectivity index (χ1n) is 13.9. The van der Waals surface area contributed by atoms with Crippen molar-refractivity contribution in [1.82, 2.24) is 14.9 Å². The third-order valence-electron chi connectivity index (χ3n) is 7.66. The van der Waals surface area contributed by atoms with Gasteiger partial charge >= 0.3 is 6.09 Å². The van der Waals surface area contributed by atoms with Crippen molar-refractivity contribution in [2.75, 3.05) is 48.3 Å². The lowest BCUT2D eigenvalue weighted by molar-refractivity contribution is 0.199. The van der Waals surface area contributed by atoms with E-state index in [0.717, 1.165) is 47.8 Å². The molecule has 2 N–H and O–H groups in total. The number of likely N-dealkylation sites (N-methyl/N-ethyl adjacent to an activating group) is 1. The molecule has 1 aromatic heterocycles. The number of carbonyl (C=O) groups is 1. The topological polar surface area (TPSA) is 84.8 Å². The van der Waals surface area contributed by atoms with Crippen LogP contribution in [0.2, 0.25) is 5.02 Å². The molecule has 224 valence electrons. The number of hydrogen-bond donors (Lipinski definition) is 2. The summed E-state index contributed by atoms with van der Waals surface area (Å²) in [6.45, 7) is 8.81. The van der Waals surface area contributed by atoms with Gasteiger partial charge in [-0.25, -0.2) is 23.5 Å². The van der Waals surface area contributed by atoms with Gasteiger partial charge in [-0.3, -0.25) is 0 Å². The molecule has 8 nitrogen and oxygen atoms in total. The summed E-state index contributed by atoms with van der Waals surface area (Å²) in [5.74, 6) is -0.940. The van der Waals surface area contributed by atoms with Crippen LogP contribution in [0, 0.1) is 32.4 Å². The minimum absolute atomic E-state index is 0.00304. The van der Waals surface area contributed by atoms with Crippen LogP contribution >= 0.6 is 11.6 Å². The molecule has 0 spiro atoms. The van der Waals surface area contributed by atoms with Gasteiger partial charge in [-0.15, -0.1) is 0 Å². The van der Waals surface area contributed by atoms with Gasteiger partial charge in [-0.05, 0) is 87.0 Å². The highest BCUT2D eigenvalue weighted by molar-refractivity contribution is 6.30. The molecular weight excluding hydrogens is 574 g/mol. The summed E-state index contributed by atoms with van der Waals surface area (Å²) in [7, 11) is 2.04. The molecule has 0 radical (unpaired) electrons. The zero-order chi connectivity index (χ0) is 30.8. The highest BCUT2D eigenvalue weighted by atomic mass is 35.5. The van der Waals surface area contributed by atoms with E-state index in [9.17, 15) is 9.90 Å². The van der Waals surface area contributed by atoms with E-state index in [4.69, 9.17) is 11.6 Å². The predicted octanol–water partition coefficient (Wildman–Crippen LogP) is 7.10. The number of halogens is 3. The number of amides is 1. The van der Waals surface area contributed by atoms with Gasteiger partial charge in [0.05, 0.1) is 11.7 Å². The fourth-order valence-electron chi connectivity index (χ4n) is 5.67. The lowest BCUT2D eigenvalue weighted by Crippen LogP contribution is -2.44. The highest BCUT2D eigenvalue weighted by Crippen LogP contribution is 2.39. The third-order valence-corrected chi connectivity index (χ3v) is 7.90. The highest BCUT2D eigenvalue weighted by Gasteiger charge is 2.34. The van der Waals surface area contributed by atoms with Crippen LogP contribution in [-0.2, 0) is 0 Å². The fraction of sp³-hybridized carbons (Fsp3) is 0.281. The van der Waals surface area contributed by atoms with Crippen molar-refractivity contribution in [1.29, 1.82) is 0 Å². The lowest BCUT2D eigenvalue weighted by atomic mass is 9.88. The Morgan fingerprint density at radius 3 is 2.33 bits per heavy atom. The van der Waals surface area contributed by atoms with E-state index in [1.54, 1.807) is 12.1 Å². The van der Waals surface area contributed by atoms with Crippen LogP contribution in [-0.4, -0.2) is 59.3 Å². The molecule has 43 heavy (non-hydrogen) atoms. The molecule has 1 saturated heterocycles. The SMILES string of the molecule is Cc1cc(C)c(C(c2cc(Cl)ccc2F)N(C(=O)O)c2ccnc(Nc3ccc(N4CCN(C)CC4)c(F)c3)n2)c(C)c1. The van der Waals surface area contributed by atoms with E-state index in [1.807, 2.05) is 44.9 Å². The van der Waals surface area contributed by atoms with E-state index in [0.29, 0.717) is 16.9 Å². The first-order valence-corrected chi connectivity index (χ1v) is 14.3. The van der Waals surface area contributed by atoms with Gasteiger partial charge in [-0.1, -0.05) is 29.3 Å². The standard InChI is InChI=1S/C32H33ClF2N6O2/c1-19-15-20(2)29(21(3)16-19)30(24-17-22(33)5-7-25(24)34)41(32(42)43)28-9-10-36-31(38-28)37-23-6-8-27(26(35)18-23)40-13-11-39(4)12-14-40/h5-10,15-18,30H,11-14H2,1-4H3,(H,42,43)(H,36,37,38). The fourth-order valence-corrected chi connectivity index (χ4v) is 5.85. The number of rotatable bonds is 7. The van der Waals surface area contributed by atoms with Gasteiger partial charge in [0.15, 0.2) is 0 Å². The number of anilines is 4. The maximum atomic E-state index is 15.4. The number of benzene rings is 3. The quantitative estimate of drug-likeness (QED) is 0.232. The van der Waals surface area contributed by atoms with E-state index in [-0.39, 0.29) is 28.2 Å². The van der Waals surface area contributed by atoms with Gasteiger partial charge in [-0.2, -0.15) is 4.98 Å². The van der Waals surface area contributed by atoms with Crippen LogP contribution in [0.1, 0.15) is 33.9 Å².